The van der Waals surface area contributed by atoms with E-state index in [1.54, 1.807) is 12.1 Å². The molecular formula is C15H19F3N2S2. The van der Waals surface area contributed by atoms with Crippen LogP contribution in [0.3, 0.4) is 0 Å². The molecule has 2 rings (SSSR count). The molecule has 1 N–H and O–H groups in total. The van der Waals surface area contributed by atoms with E-state index in [1.807, 2.05) is 7.05 Å². The van der Waals surface area contributed by atoms with Crippen molar-refractivity contribution in [1.82, 2.24) is 4.90 Å². The lowest BCUT2D eigenvalue weighted by molar-refractivity contribution is -0.0328. The van der Waals surface area contributed by atoms with Gasteiger partial charge in [0, 0.05) is 23.7 Å². The number of nitrogens with zero attached hydrogens (tertiary/aromatic N) is 1. The topological polar surface area (TPSA) is 15.3 Å². The molecule has 2 nitrogen and oxygen atoms in total. The van der Waals surface area contributed by atoms with E-state index >= 15 is 0 Å². The zero-order valence-electron chi connectivity index (χ0n) is 12.3. The summed E-state index contributed by atoms with van der Waals surface area (Å²) in [6.07, 6.45) is 6.00. The molecule has 0 aromatic heterocycles. The Kier molecular flexibility index (Phi) is 5.97. The first kappa shape index (κ1) is 17.4. The Bertz CT molecular complexity index is 497. The van der Waals surface area contributed by atoms with Crippen molar-refractivity contribution in [3.8, 4) is 0 Å². The van der Waals surface area contributed by atoms with Crippen molar-refractivity contribution in [1.29, 1.82) is 0 Å². The second-order valence-electron chi connectivity index (χ2n) is 5.41. The number of benzene rings is 1. The van der Waals surface area contributed by atoms with Gasteiger partial charge in [0.05, 0.1) is 0 Å². The van der Waals surface area contributed by atoms with E-state index in [9.17, 15) is 13.2 Å². The minimum atomic E-state index is -4.26. The Hall–Kier alpha value is -0.950. The second-order valence-corrected chi connectivity index (χ2v) is 6.93. The third-order valence-corrected chi connectivity index (χ3v) is 4.91. The van der Waals surface area contributed by atoms with Crippen LogP contribution in [0.5, 0.6) is 0 Å². The van der Waals surface area contributed by atoms with Crippen LogP contribution in [0, 0.1) is 0 Å². The maximum Gasteiger partial charge on any atom is 0.446 e. The van der Waals surface area contributed by atoms with E-state index in [1.165, 1.54) is 31.4 Å². The van der Waals surface area contributed by atoms with Gasteiger partial charge in [0.25, 0.3) is 0 Å². The number of thioether (sulfide) groups is 1. The van der Waals surface area contributed by atoms with Gasteiger partial charge in [-0.3, -0.25) is 0 Å². The summed E-state index contributed by atoms with van der Waals surface area (Å²) in [6.45, 7) is 0. The van der Waals surface area contributed by atoms with Crippen molar-refractivity contribution in [3.63, 3.8) is 0 Å². The molecule has 0 unspecified atom stereocenters. The summed E-state index contributed by atoms with van der Waals surface area (Å²) in [5.74, 6) is 0. The molecule has 0 saturated heterocycles. The highest BCUT2D eigenvalue weighted by Crippen LogP contribution is 2.37. The van der Waals surface area contributed by atoms with E-state index in [4.69, 9.17) is 12.2 Å². The fourth-order valence-electron chi connectivity index (χ4n) is 2.59. The average Bonchev–Trinajstić information content (AvgIpc) is 2.48. The minimum Gasteiger partial charge on any atom is -0.349 e. The number of thiocarbonyl (C=S) groups is 1. The molecule has 1 fully saturated rings. The molecule has 122 valence electrons. The molecule has 22 heavy (non-hydrogen) atoms. The van der Waals surface area contributed by atoms with Gasteiger partial charge in [-0.05, 0) is 61.1 Å². The average molecular weight is 348 g/mol. The highest BCUT2D eigenvalue weighted by Gasteiger charge is 2.29. The third kappa shape index (κ3) is 5.35. The fraction of sp³-hybridized carbons (Fsp3) is 0.533. The largest absolute Gasteiger partial charge is 0.446 e. The van der Waals surface area contributed by atoms with Crippen LogP contribution < -0.4 is 5.32 Å². The summed E-state index contributed by atoms with van der Waals surface area (Å²) in [6, 6.07) is 6.59. The van der Waals surface area contributed by atoms with Crippen LogP contribution in [-0.2, 0) is 0 Å². The van der Waals surface area contributed by atoms with Crippen molar-refractivity contribution < 1.29 is 13.2 Å². The predicted octanol–water partition coefficient (Wildman–Crippen LogP) is 5.26. The molecule has 0 aliphatic heterocycles. The molecule has 1 aromatic carbocycles. The molecule has 0 radical (unpaired) electrons. The standard InChI is InChI=1S/C15H19F3N2S2/c1-20(12-5-3-2-4-6-12)14(21)19-11-7-9-13(10-8-11)22-15(16,17)18/h7-10,12H,2-6H2,1H3,(H,19,21). The lowest BCUT2D eigenvalue weighted by atomic mass is 9.95. The van der Waals surface area contributed by atoms with Gasteiger partial charge < -0.3 is 10.2 Å². The first-order chi connectivity index (χ1) is 10.3. The molecule has 1 saturated carbocycles. The highest BCUT2D eigenvalue weighted by molar-refractivity contribution is 8.00. The number of halogens is 3. The van der Waals surface area contributed by atoms with Crippen molar-refractivity contribution in [2.45, 2.75) is 48.5 Å². The van der Waals surface area contributed by atoms with E-state index in [2.05, 4.69) is 10.2 Å². The molecule has 0 amide bonds. The lowest BCUT2D eigenvalue weighted by Crippen LogP contribution is -2.40. The van der Waals surface area contributed by atoms with E-state index in [-0.39, 0.29) is 16.7 Å². The van der Waals surface area contributed by atoms with Gasteiger partial charge in [-0.25, -0.2) is 0 Å². The molecule has 0 spiro atoms. The van der Waals surface area contributed by atoms with Crippen molar-refractivity contribution in [2.75, 3.05) is 12.4 Å². The SMILES string of the molecule is CN(C(=S)Nc1ccc(SC(F)(F)F)cc1)C1CCCCC1. The Balaban J connectivity index is 1.91. The van der Waals surface area contributed by atoms with Crippen LogP contribution in [0.4, 0.5) is 18.9 Å². The van der Waals surface area contributed by atoms with Gasteiger partial charge in [-0.15, -0.1) is 0 Å². The zero-order valence-corrected chi connectivity index (χ0v) is 14.0. The van der Waals surface area contributed by atoms with Crippen molar-refractivity contribution in [2.24, 2.45) is 0 Å². The Morgan fingerprint density at radius 1 is 1.18 bits per heavy atom. The molecule has 1 aliphatic carbocycles. The molecular weight excluding hydrogens is 329 g/mol. The molecule has 0 heterocycles. The summed E-state index contributed by atoms with van der Waals surface area (Å²) >= 11 is 5.28. The number of rotatable bonds is 3. The van der Waals surface area contributed by atoms with Gasteiger partial charge in [0.2, 0.25) is 0 Å². The molecule has 1 aliphatic rings. The van der Waals surface area contributed by atoms with Crippen LogP contribution in [0.1, 0.15) is 32.1 Å². The summed E-state index contributed by atoms with van der Waals surface area (Å²) in [5.41, 5.74) is -3.55. The summed E-state index contributed by atoms with van der Waals surface area (Å²) in [5, 5.41) is 3.71. The Morgan fingerprint density at radius 3 is 2.32 bits per heavy atom. The number of nitrogens with one attached hydrogen (secondary N) is 1. The molecule has 7 heteroatoms. The summed E-state index contributed by atoms with van der Waals surface area (Å²) < 4.78 is 36.9. The second kappa shape index (κ2) is 7.55. The summed E-state index contributed by atoms with van der Waals surface area (Å²) in [7, 11) is 1.97. The van der Waals surface area contributed by atoms with Crippen LogP contribution in [0.15, 0.2) is 29.2 Å². The minimum absolute atomic E-state index is 0.114. The van der Waals surface area contributed by atoms with Crippen LogP contribution in [0.25, 0.3) is 0 Å². The lowest BCUT2D eigenvalue weighted by Gasteiger charge is -2.33. The normalized spacial score (nSPS) is 16.4. The highest BCUT2D eigenvalue weighted by atomic mass is 32.2. The van der Waals surface area contributed by atoms with Gasteiger partial charge in [0.1, 0.15) is 0 Å². The van der Waals surface area contributed by atoms with E-state index < -0.39 is 5.51 Å². The molecule has 0 bridgehead atoms. The number of hydrogen-bond donors (Lipinski definition) is 1. The monoisotopic (exact) mass is 348 g/mol. The van der Waals surface area contributed by atoms with Crippen molar-refractivity contribution in [3.05, 3.63) is 24.3 Å². The van der Waals surface area contributed by atoms with Gasteiger partial charge >= 0.3 is 5.51 Å². The quantitative estimate of drug-likeness (QED) is 0.592. The van der Waals surface area contributed by atoms with E-state index in [0.29, 0.717) is 16.8 Å². The predicted molar refractivity (Wildman–Crippen MR) is 89.2 cm³/mol. The first-order valence-electron chi connectivity index (χ1n) is 7.25. The number of anilines is 1. The maximum atomic E-state index is 12.3. The first-order valence-corrected chi connectivity index (χ1v) is 8.47. The Labute approximate surface area is 138 Å². The van der Waals surface area contributed by atoms with Crippen LogP contribution in [-0.4, -0.2) is 28.6 Å². The van der Waals surface area contributed by atoms with Gasteiger partial charge in [-0.1, -0.05) is 19.3 Å². The molecule has 0 atom stereocenters. The van der Waals surface area contributed by atoms with Crippen molar-refractivity contribution >= 4 is 34.8 Å². The smallest absolute Gasteiger partial charge is 0.349 e. The number of alkyl halides is 3. The molecule has 1 aromatic rings. The van der Waals surface area contributed by atoms with Crippen LogP contribution >= 0.6 is 24.0 Å². The van der Waals surface area contributed by atoms with Crippen LogP contribution in [0.2, 0.25) is 0 Å². The summed E-state index contributed by atoms with van der Waals surface area (Å²) in [4.78, 5) is 2.23. The van der Waals surface area contributed by atoms with E-state index in [0.717, 1.165) is 12.8 Å². The number of hydrogen-bond acceptors (Lipinski definition) is 2. The third-order valence-electron chi connectivity index (χ3n) is 3.78. The maximum absolute atomic E-state index is 12.3. The van der Waals surface area contributed by atoms with Gasteiger partial charge in [-0.2, -0.15) is 13.2 Å². The fourth-order valence-corrected chi connectivity index (χ4v) is 3.39. The van der Waals surface area contributed by atoms with Gasteiger partial charge in [0.15, 0.2) is 5.11 Å². The zero-order chi connectivity index (χ0) is 16.2. The Morgan fingerprint density at radius 2 is 1.77 bits per heavy atom.